The van der Waals surface area contributed by atoms with Crippen molar-refractivity contribution in [2.45, 2.75) is 31.7 Å². The Balaban J connectivity index is 1.33. The van der Waals surface area contributed by atoms with Gasteiger partial charge in [0.05, 0.1) is 12.6 Å². The van der Waals surface area contributed by atoms with Gasteiger partial charge in [0.2, 0.25) is 0 Å². The molecule has 1 aromatic heterocycles. The second-order valence-corrected chi connectivity index (χ2v) is 6.67. The number of aryl methyl sites for hydroxylation is 1. The number of hydrogen-bond acceptors (Lipinski definition) is 4. The molecule has 7 nitrogen and oxygen atoms in total. The maximum absolute atomic E-state index is 12.6. The van der Waals surface area contributed by atoms with E-state index in [1.807, 2.05) is 22.6 Å². The molecule has 1 aromatic carbocycles. The van der Waals surface area contributed by atoms with Gasteiger partial charge in [-0.25, -0.2) is 4.79 Å². The topological polar surface area (TPSA) is 72.3 Å². The molecule has 0 bridgehead atoms. The Hall–Kier alpha value is -2.57. The molecular formula is C18H23N5O2. The van der Waals surface area contributed by atoms with Crippen LogP contribution in [-0.4, -0.2) is 45.4 Å². The Kier molecular flexibility index (Phi) is 4.29. The minimum Gasteiger partial charge on any atom is -0.493 e. The Labute approximate surface area is 147 Å². The highest BCUT2D eigenvalue weighted by Gasteiger charge is 2.32. The molecule has 0 aliphatic carbocycles. The summed E-state index contributed by atoms with van der Waals surface area (Å²) in [6.45, 7) is 2.16. The van der Waals surface area contributed by atoms with Crippen LogP contribution in [0.3, 0.4) is 0 Å². The monoisotopic (exact) mass is 341 g/mol. The summed E-state index contributed by atoms with van der Waals surface area (Å²) in [6.07, 6.45) is 5.41. The van der Waals surface area contributed by atoms with Crippen LogP contribution in [0.5, 0.6) is 5.75 Å². The molecule has 132 valence electrons. The molecule has 2 aromatic rings. The van der Waals surface area contributed by atoms with E-state index >= 15 is 0 Å². The molecule has 4 rings (SSSR count). The summed E-state index contributed by atoms with van der Waals surface area (Å²) >= 11 is 0. The van der Waals surface area contributed by atoms with Crippen molar-refractivity contribution < 1.29 is 9.53 Å². The molecule has 0 unspecified atom stereocenters. The molecule has 1 saturated heterocycles. The van der Waals surface area contributed by atoms with Crippen molar-refractivity contribution in [1.82, 2.24) is 25.0 Å². The van der Waals surface area contributed by atoms with Gasteiger partial charge in [-0.15, -0.1) is 10.2 Å². The van der Waals surface area contributed by atoms with Crippen LogP contribution in [0.15, 0.2) is 24.5 Å². The first-order valence-corrected chi connectivity index (χ1v) is 8.85. The van der Waals surface area contributed by atoms with E-state index in [0.717, 1.165) is 50.4 Å². The summed E-state index contributed by atoms with van der Waals surface area (Å²) in [7, 11) is 1.92. The van der Waals surface area contributed by atoms with E-state index in [2.05, 4.69) is 27.6 Å². The number of carbonyl (C=O) groups excluding carboxylic acids is 1. The maximum atomic E-state index is 12.6. The predicted molar refractivity (Wildman–Crippen MR) is 92.4 cm³/mol. The number of likely N-dealkylation sites (tertiary alicyclic amines) is 1. The first kappa shape index (κ1) is 15.9. The highest BCUT2D eigenvalue weighted by molar-refractivity contribution is 5.75. The Morgan fingerprint density at radius 1 is 1.44 bits per heavy atom. The number of amides is 2. The Morgan fingerprint density at radius 3 is 3.20 bits per heavy atom. The molecule has 0 spiro atoms. The number of ether oxygens (including phenoxy) is 1. The lowest BCUT2D eigenvalue weighted by atomic mass is 10.1. The smallest absolute Gasteiger partial charge is 0.318 e. The molecule has 0 saturated carbocycles. The lowest BCUT2D eigenvalue weighted by molar-refractivity contribution is 0.190. The van der Waals surface area contributed by atoms with Gasteiger partial charge in [-0.2, -0.15) is 0 Å². The normalized spacial score (nSPS) is 18.9. The lowest BCUT2D eigenvalue weighted by Gasteiger charge is -2.24. The molecule has 2 aliphatic rings. The number of hydrogen-bond donors (Lipinski definition) is 1. The van der Waals surface area contributed by atoms with Crippen LogP contribution in [0.4, 0.5) is 4.79 Å². The van der Waals surface area contributed by atoms with Gasteiger partial charge in [0.15, 0.2) is 5.82 Å². The number of nitrogens with zero attached hydrogens (tertiary/aromatic N) is 4. The van der Waals surface area contributed by atoms with Crippen molar-refractivity contribution in [3.05, 3.63) is 41.5 Å². The van der Waals surface area contributed by atoms with Crippen LogP contribution in [0.2, 0.25) is 0 Å². The van der Waals surface area contributed by atoms with Gasteiger partial charge in [-0.05, 0) is 36.5 Å². The zero-order chi connectivity index (χ0) is 17.2. The van der Waals surface area contributed by atoms with Crippen LogP contribution in [-0.2, 0) is 19.9 Å². The SMILES string of the molecule is Cn1cnnc1[C@@H]1CCCN1C(=O)NCCc1ccc2c(c1)CCO2. The molecule has 1 atom stereocenters. The molecule has 7 heteroatoms. The average Bonchev–Trinajstić information content (AvgIpc) is 3.33. The number of carbonyl (C=O) groups is 1. The van der Waals surface area contributed by atoms with Crippen LogP contribution in [0, 0.1) is 0 Å². The van der Waals surface area contributed by atoms with Crippen molar-refractivity contribution in [3.8, 4) is 5.75 Å². The van der Waals surface area contributed by atoms with Crippen LogP contribution >= 0.6 is 0 Å². The van der Waals surface area contributed by atoms with E-state index in [9.17, 15) is 4.79 Å². The maximum Gasteiger partial charge on any atom is 0.318 e. The molecular weight excluding hydrogens is 318 g/mol. The summed E-state index contributed by atoms with van der Waals surface area (Å²) < 4.78 is 7.42. The van der Waals surface area contributed by atoms with Crippen molar-refractivity contribution in [2.24, 2.45) is 7.05 Å². The van der Waals surface area contributed by atoms with Gasteiger partial charge in [0.1, 0.15) is 12.1 Å². The van der Waals surface area contributed by atoms with Gasteiger partial charge in [-0.1, -0.05) is 12.1 Å². The van der Waals surface area contributed by atoms with Crippen LogP contribution < -0.4 is 10.1 Å². The summed E-state index contributed by atoms with van der Waals surface area (Å²) in [5.74, 6) is 1.85. The zero-order valence-electron chi connectivity index (χ0n) is 14.4. The quantitative estimate of drug-likeness (QED) is 0.921. The largest absolute Gasteiger partial charge is 0.493 e. The van der Waals surface area contributed by atoms with E-state index in [-0.39, 0.29) is 12.1 Å². The summed E-state index contributed by atoms with van der Waals surface area (Å²) in [4.78, 5) is 14.5. The summed E-state index contributed by atoms with van der Waals surface area (Å²) in [5, 5.41) is 11.2. The molecule has 0 radical (unpaired) electrons. The third-order valence-electron chi connectivity index (χ3n) is 5.00. The number of nitrogens with one attached hydrogen (secondary N) is 1. The number of rotatable bonds is 4. The average molecular weight is 341 g/mol. The Bertz CT molecular complexity index is 773. The summed E-state index contributed by atoms with van der Waals surface area (Å²) in [5.41, 5.74) is 2.50. The second-order valence-electron chi connectivity index (χ2n) is 6.67. The molecule has 2 aliphatic heterocycles. The minimum atomic E-state index is -0.0185. The second kappa shape index (κ2) is 6.74. The summed E-state index contributed by atoms with van der Waals surface area (Å²) in [6, 6.07) is 6.30. The van der Waals surface area contributed by atoms with Gasteiger partial charge < -0.3 is 19.5 Å². The van der Waals surface area contributed by atoms with Gasteiger partial charge >= 0.3 is 6.03 Å². The lowest BCUT2D eigenvalue weighted by Crippen LogP contribution is -2.40. The van der Waals surface area contributed by atoms with E-state index in [0.29, 0.717) is 6.54 Å². The van der Waals surface area contributed by atoms with Gasteiger partial charge in [0.25, 0.3) is 0 Å². The molecule has 2 amide bonds. The highest BCUT2D eigenvalue weighted by Crippen LogP contribution is 2.30. The van der Waals surface area contributed by atoms with Gasteiger partial charge in [-0.3, -0.25) is 0 Å². The van der Waals surface area contributed by atoms with E-state index in [1.54, 1.807) is 6.33 Å². The molecule has 1 N–H and O–H groups in total. The molecule has 1 fully saturated rings. The highest BCUT2D eigenvalue weighted by atomic mass is 16.5. The number of urea groups is 1. The van der Waals surface area contributed by atoms with Crippen LogP contribution in [0.25, 0.3) is 0 Å². The van der Waals surface area contributed by atoms with Crippen molar-refractivity contribution in [2.75, 3.05) is 19.7 Å². The minimum absolute atomic E-state index is 0.0182. The number of benzene rings is 1. The first-order chi connectivity index (χ1) is 12.2. The van der Waals surface area contributed by atoms with Crippen LogP contribution in [0.1, 0.15) is 35.8 Å². The fraction of sp³-hybridized carbons (Fsp3) is 0.500. The van der Waals surface area contributed by atoms with E-state index < -0.39 is 0 Å². The van der Waals surface area contributed by atoms with Crippen molar-refractivity contribution in [3.63, 3.8) is 0 Å². The van der Waals surface area contributed by atoms with Crippen molar-refractivity contribution in [1.29, 1.82) is 0 Å². The third kappa shape index (κ3) is 3.18. The Morgan fingerprint density at radius 2 is 2.36 bits per heavy atom. The van der Waals surface area contributed by atoms with Crippen molar-refractivity contribution >= 4 is 6.03 Å². The molecule has 25 heavy (non-hydrogen) atoms. The standard InChI is InChI=1S/C18H23N5O2/c1-22-12-20-21-17(22)15-3-2-9-23(15)18(24)19-8-6-13-4-5-16-14(11-13)7-10-25-16/h4-5,11-12,15H,2-3,6-10H2,1H3,(H,19,24)/t15-/m0/s1. The zero-order valence-corrected chi connectivity index (χ0v) is 14.4. The number of fused-ring (bicyclic) bond motifs is 1. The third-order valence-corrected chi connectivity index (χ3v) is 5.00. The first-order valence-electron chi connectivity index (χ1n) is 8.85. The van der Waals surface area contributed by atoms with E-state index in [4.69, 9.17) is 4.74 Å². The predicted octanol–water partition coefficient (Wildman–Crippen LogP) is 1.84. The fourth-order valence-corrected chi connectivity index (χ4v) is 3.68. The number of aromatic nitrogens is 3. The van der Waals surface area contributed by atoms with Gasteiger partial charge in [0, 0.05) is 26.6 Å². The van der Waals surface area contributed by atoms with E-state index in [1.165, 1.54) is 11.1 Å². The molecule has 3 heterocycles. The fourth-order valence-electron chi connectivity index (χ4n) is 3.68.